The van der Waals surface area contributed by atoms with Crippen molar-refractivity contribution in [1.29, 1.82) is 0 Å². The molecule has 0 aliphatic rings. The van der Waals surface area contributed by atoms with E-state index in [1.54, 1.807) is 25.7 Å². The summed E-state index contributed by atoms with van der Waals surface area (Å²) in [5.74, 6) is 0.829. The highest BCUT2D eigenvalue weighted by Crippen LogP contribution is 2.27. The van der Waals surface area contributed by atoms with Gasteiger partial charge in [0.25, 0.3) is 0 Å². The van der Waals surface area contributed by atoms with E-state index < -0.39 is 6.10 Å². The predicted molar refractivity (Wildman–Crippen MR) is 73.3 cm³/mol. The van der Waals surface area contributed by atoms with Crippen molar-refractivity contribution in [2.75, 3.05) is 7.11 Å². The molecule has 0 bridgehead atoms. The predicted octanol–water partition coefficient (Wildman–Crippen LogP) is 3.52. The van der Waals surface area contributed by atoms with Gasteiger partial charge in [-0.1, -0.05) is 18.2 Å². The maximum atomic E-state index is 10.3. The van der Waals surface area contributed by atoms with Crippen LogP contribution in [0.15, 0.2) is 59.4 Å². The number of methoxy groups -OCH3 is 1. The lowest BCUT2D eigenvalue weighted by Gasteiger charge is -2.10. The Balaban J connectivity index is 2.02. The molecule has 0 aliphatic heterocycles. The minimum absolute atomic E-state index is 0.662. The first-order valence-corrected chi connectivity index (χ1v) is 6.06. The molecule has 0 saturated carbocycles. The molecule has 1 aromatic heterocycles. The van der Waals surface area contributed by atoms with Gasteiger partial charge in [-0.3, -0.25) is 0 Å². The molecule has 0 unspecified atom stereocenters. The van der Waals surface area contributed by atoms with E-state index in [0.717, 1.165) is 27.6 Å². The summed E-state index contributed by atoms with van der Waals surface area (Å²) in [4.78, 5) is 0. The number of rotatable bonds is 3. The Morgan fingerprint density at radius 1 is 1.00 bits per heavy atom. The third-order valence-electron chi connectivity index (χ3n) is 3.25. The highest BCUT2D eigenvalue weighted by atomic mass is 16.5. The highest BCUT2D eigenvalue weighted by Gasteiger charge is 2.12. The lowest BCUT2D eigenvalue weighted by Crippen LogP contribution is -1.97. The van der Waals surface area contributed by atoms with Crippen molar-refractivity contribution < 1.29 is 14.3 Å². The average molecular weight is 254 g/mol. The van der Waals surface area contributed by atoms with Gasteiger partial charge in [0.2, 0.25) is 0 Å². The summed E-state index contributed by atoms with van der Waals surface area (Å²) in [7, 11) is 1.65. The minimum atomic E-state index is -0.662. The van der Waals surface area contributed by atoms with Crippen LogP contribution in [0.1, 0.15) is 17.2 Å². The van der Waals surface area contributed by atoms with Crippen molar-refractivity contribution in [1.82, 2.24) is 0 Å². The fourth-order valence-electron chi connectivity index (χ4n) is 2.16. The maximum absolute atomic E-state index is 10.3. The second kappa shape index (κ2) is 4.78. The van der Waals surface area contributed by atoms with Crippen molar-refractivity contribution in [3.05, 3.63) is 66.1 Å². The van der Waals surface area contributed by atoms with E-state index in [4.69, 9.17) is 9.15 Å². The minimum Gasteiger partial charge on any atom is -0.497 e. The summed E-state index contributed by atoms with van der Waals surface area (Å²) in [5.41, 5.74) is 1.60. The largest absolute Gasteiger partial charge is 0.497 e. The van der Waals surface area contributed by atoms with Crippen LogP contribution in [0.2, 0.25) is 0 Å². The third kappa shape index (κ3) is 2.20. The van der Waals surface area contributed by atoms with Crippen LogP contribution < -0.4 is 4.74 Å². The van der Waals surface area contributed by atoms with Crippen LogP contribution in [0.25, 0.3) is 10.8 Å². The highest BCUT2D eigenvalue weighted by molar-refractivity contribution is 5.84. The Kier molecular flexibility index (Phi) is 2.97. The number of benzene rings is 2. The zero-order valence-corrected chi connectivity index (χ0v) is 10.5. The molecule has 1 heterocycles. The van der Waals surface area contributed by atoms with Crippen molar-refractivity contribution in [3.63, 3.8) is 0 Å². The van der Waals surface area contributed by atoms with Crippen LogP contribution in [0.4, 0.5) is 0 Å². The molecule has 0 amide bonds. The topological polar surface area (TPSA) is 42.6 Å². The van der Waals surface area contributed by atoms with Crippen LogP contribution >= 0.6 is 0 Å². The van der Waals surface area contributed by atoms with Crippen LogP contribution in [0.5, 0.6) is 5.75 Å². The van der Waals surface area contributed by atoms with E-state index in [0.29, 0.717) is 0 Å². The summed E-state index contributed by atoms with van der Waals surface area (Å²) < 4.78 is 10.2. The summed E-state index contributed by atoms with van der Waals surface area (Å²) >= 11 is 0. The summed E-state index contributed by atoms with van der Waals surface area (Å²) in [6, 6.07) is 13.5. The molecule has 3 heteroatoms. The molecule has 0 radical (unpaired) electrons. The van der Waals surface area contributed by atoms with Crippen LogP contribution in [0, 0.1) is 0 Å². The SMILES string of the molecule is COc1ccc2cc([C@H](O)c3ccoc3)ccc2c1. The molecule has 0 spiro atoms. The molecular formula is C16H14O3. The van der Waals surface area contributed by atoms with Gasteiger partial charge in [-0.15, -0.1) is 0 Å². The summed E-state index contributed by atoms with van der Waals surface area (Å²) in [5, 5.41) is 12.4. The fraction of sp³-hybridized carbons (Fsp3) is 0.125. The van der Waals surface area contributed by atoms with Gasteiger partial charge >= 0.3 is 0 Å². The Morgan fingerprint density at radius 2 is 1.79 bits per heavy atom. The maximum Gasteiger partial charge on any atom is 0.119 e. The third-order valence-corrected chi connectivity index (χ3v) is 3.25. The average Bonchev–Trinajstić information content (AvgIpc) is 2.99. The first kappa shape index (κ1) is 11.8. The molecule has 3 nitrogen and oxygen atoms in total. The summed E-state index contributed by atoms with van der Waals surface area (Å²) in [6.45, 7) is 0. The van der Waals surface area contributed by atoms with E-state index in [-0.39, 0.29) is 0 Å². The molecule has 1 atom stereocenters. The van der Waals surface area contributed by atoms with Gasteiger partial charge in [-0.05, 0) is 40.6 Å². The van der Waals surface area contributed by atoms with E-state index in [2.05, 4.69) is 0 Å². The van der Waals surface area contributed by atoms with Gasteiger partial charge in [0.05, 0.1) is 19.6 Å². The van der Waals surface area contributed by atoms with Crippen molar-refractivity contribution in [2.45, 2.75) is 6.10 Å². The lowest BCUT2D eigenvalue weighted by molar-refractivity contribution is 0.219. The Labute approximate surface area is 111 Å². The van der Waals surface area contributed by atoms with Crippen molar-refractivity contribution in [2.24, 2.45) is 0 Å². The normalized spacial score (nSPS) is 12.5. The second-order valence-corrected chi connectivity index (χ2v) is 4.43. The Hall–Kier alpha value is -2.26. The van der Waals surface area contributed by atoms with Gasteiger partial charge < -0.3 is 14.3 Å². The molecule has 19 heavy (non-hydrogen) atoms. The Morgan fingerprint density at radius 3 is 2.53 bits per heavy atom. The standard InChI is InChI=1S/C16H14O3/c1-18-15-5-4-11-8-13(3-2-12(11)9-15)16(17)14-6-7-19-10-14/h2-10,16-17H,1H3/t16-/m0/s1. The molecule has 0 saturated heterocycles. The van der Waals surface area contributed by atoms with Gasteiger partial charge in [0, 0.05) is 5.56 Å². The zero-order chi connectivity index (χ0) is 13.2. The zero-order valence-electron chi connectivity index (χ0n) is 10.5. The number of aliphatic hydroxyl groups excluding tert-OH is 1. The van der Waals surface area contributed by atoms with Gasteiger partial charge in [-0.25, -0.2) is 0 Å². The molecule has 3 rings (SSSR count). The van der Waals surface area contributed by atoms with Crippen molar-refractivity contribution in [3.8, 4) is 5.75 Å². The number of ether oxygens (including phenoxy) is 1. The number of hydrogen-bond acceptors (Lipinski definition) is 3. The number of furan rings is 1. The molecule has 2 aromatic carbocycles. The lowest BCUT2D eigenvalue weighted by atomic mass is 10.0. The van der Waals surface area contributed by atoms with Gasteiger partial charge in [0.15, 0.2) is 0 Å². The van der Waals surface area contributed by atoms with E-state index in [9.17, 15) is 5.11 Å². The molecule has 0 aliphatic carbocycles. The smallest absolute Gasteiger partial charge is 0.119 e. The monoisotopic (exact) mass is 254 g/mol. The molecule has 0 fully saturated rings. The molecule has 3 aromatic rings. The quantitative estimate of drug-likeness (QED) is 0.777. The summed E-state index contributed by atoms with van der Waals surface area (Å²) in [6.07, 6.45) is 2.46. The van der Waals surface area contributed by atoms with Gasteiger partial charge in [-0.2, -0.15) is 0 Å². The van der Waals surface area contributed by atoms with Crippen LogP contribution in [-0.4, -0.2) is 12.2 Å². The van der Waals surface area contributed by atoms with E-state index in [1.165, 1.54) is 0 Å². The first-order valence-electron chi connectivity index (χ1n) is 6.06. The van der Waals surface area contributed by atoms with Crippen LogP contribution in [0.3, 0.4) is 0 Å². The van der Waals surface area contributed by atoms with E-state index in [1.807, 2.05) is 36.4 Å². The van der Waals surface area contributed by atoms with Crippen LogP contribution in [-0.2, 0) is 0 Å². The fourth-order valence-corrected chi connectivity index (χ4v) is 2.16. The molecule has 96 valence electrons. The first-order chi connectivity index (χ1) is 9.28. The second-order valence-electron chi connectivity index (χ2n) is 4.43. The number of aliphatic hydroxyl groups is 1. The van der Waals surface area contributed by atoms with Crippen molar-refractivity contribution >= 4 is 10.8 Å². The number of fused-ring (bicyclic) bond motifs is 1. The Bertz CT molecular complexity index is 686. The number of hydrogen-bond donors (Lipinski definition) is 1. The van der Waals surface area contributed by atoms with Gasteiger partial charge in [0.1, 0.15) is 11.9 Å². The van der Waals surface area contributed by atoms with E-state index >= 15 is 0 Å². The molecular weight excluding hydrogens is 240 g/mol. The molecule has 1 N–H and O–H groups in total.